The average molecular weight is 309 g/mol. The first kappa shape index (κ1) is 15.7. The van der Waals surface area contributed by atoms with E-state index in [1.165, 1.54) is 16.7 Å². The Hall–Kier alpha value is -2.17. The van der Waals surface area contributed by atoms with Crippen molar-refractivity contribution in [3.8, 4) is 11.1 Å². The zero-order chi connectivity index (χ0) is 16.2. The molecule has 1 aliphatic heterocycles. The predicted molar refractivity (Wildman–Crippen MR) is 94.4 cm³/mol. The number of nitrogens with zero attached hydrogens (tertiary/aromatic N) is 2. The molecule has 0 spiro atoms. The highest BCUT2D eigenvalue weighted by Gasteiger charge is 2.20. The van der Waals surface area contributed by atoms with E-state index in [1.807, 2.05) is 0 Å². The molecule has 0 aromatic heterocycles. The summed E-state index contributed by atoms with van der Waals surface area (Å²) < 4.78 is 0. The van der Waals surface area contributed by atoms with E-state index in [-0.39, 0.29) is 6.10 Å². The van der Waals surface area contributed by atoms with E-state index < -0.39 is 0 Å². The molecule has 1 heterocycles. The molecule has 3 rings (SSSR count). The molecular formula is C19H23N3O. The predicted octanol–water partition coefficient (Wildman–Crippen LogP) is 2.87. The van der Waals surface area contributed by atoms with Gasteiger partial charge in [-0.1, -0.05) is 41.6 Å². The van der Waals surface area contributed by atoms with Crippen LogP contribution in [-0.2, 0) is 11.4 Å². The van der Waals surface area contributed by atoms with Gasteiger partial charge in [0.05, 0.1) is 5.71 Å². The fraction of sp³-hybridized carbons (Fsp3) is 0.316. The van der Waals surface area contributed by atoms with E-state index in [1.54, 1.807) is 0 Å². The smallest absolute Gasteiger partial charge is 0.145 e. The monoisotopic (exact) mass is 309 g/mol. The highest BCUT2D eigenvalue weighted by molar-refractivity contribution is 6.02. The summed E-state index contributed by atoms with van der Waals surface area (Å²) in [6.07, 6.45) is 0.790. The Morgan fingerprint density at radius 2 is 1.78 bits per heavy atom. The summed E-state index contributed by atoms with van der Waals surface area (Å²) in [7, 11) is 4.17. The lowest BCUT2D eigenvalue weighted by molar-refractivity contribution is 0.0918. The molecule has 0 fully saturated rings. The van der Waals surface area contributed by atoms with Crippen molar-refractivity contribution in [2.45, 2.75) is 19.1 Å². The van der Waals surface area contributed by atoms with Crippen LogP contribution in [0.25, 0.3) is 11.1 Å². The van der Waals surface area contributed by atoms with Gasteiger partial charge < -0.3 is 15.5 Å². The van der Waals surface area contributed by atoms with Gasteiger partial charge in [0.15, 0.2) is 0 Å². The molecule has 2 aromatic rings. The Morgan fingerprint density at radius 3 is 2.48 bits per heavy atom. The summed E-state index contributed by atoms with van der Waals surface area (Å²) in [4.78, 5) is 7.51. The van der Waals surface area contributed by atoms with Crippen molar-refractivity contribution in [1.82, 2.24) is 4.90 Å². The van der Waals surface area contributed by atoms with E-state index in [9.17, 15) is 0 Å². The highest BCUT2D eigenvalue weighted by Crippen LogP contribution is 2.24. The van der Waals surface area contributed by atoms with Crippen molar-refractivity contribution in [1.29, 1.82) is 0 Å². The zero-order valence-electron chi connectivity index (χ0n) is 13.7. The Bertz CT molecular complexity index is 709. The second-order valence-corrected chi connectivity index (χ2v) is 6.22. The lowest BCUT2D eigenvalue weighted by atomic mass is 9.98. The third-order valence-electron chi connectivity index (χ3n) is 3.95. The second-order valence-electron chi connectivity index (χ2n) is 6.22. The number of nitrogens with two attached hydrogens (primary N) is 1. The molecule has 1 aliphatic rings. The van der Waals surface area contributed by atoms with Crippen molar-refractivity contribution in [2.75, 3.05) is 20.6 Å². The molecular weight excluding hydrogens is 286 g/mol. The van der Waals surface area contributed by atoms with Gasteiger partial charge in [-0.2, -0.15) is 0 Å². The molecule has 1 atom stereocenters. The fourth-order valence-corrected chi connectivity index (χ4v) is 2.82. The fourth-order valence-electron chi connectivity index (χ4n) is 2.82. The van der Waals surface area contributed by atoms with Gasteiger partial charge in [0.25, 0.3) is 0 Å². The number of oxime groups is 1. The van der Waals surface area contributed by atoms with Gasteiger partial charge in [-0.25, -0.2) is 0 Å². The van der Waals surface area contributed by atoms with Crippen molar-refractivity contribution >= 4 is 5.71 Å². The first-order valence-corrected chi connectivity index (χ1v) is 7.93. The number of hydrogen-bond donors (Lipinski definition) is 1. The normalized spacial score (nSPS) is 17.2. The standard InChI is InChI=1S/C19H23N3O/c1-22(2)13-14-5-3-6-15(9-14)16-7-4-8-17(10-16)19-11-18(12-20)23-21-19/h3-10,18H,11-13,20H2,1-2H3. The minimum Gasteiger partial charge on any atom is -0.390 e. The molecule has 0 radical (unpaired) electrons. The molecule has 0 saturated heterocycles. The third-order valence-corrected chi connectivity index (χ3v) is 3.95. The summed E-state index contributed by atoms with van der Waals surface area (Å²) in [5, 5.41) is 4.18. The van der Waals surface area contributed by atoms with Crippen LogP contribution < -0.4 is 5.73 Å². The summed E-state index contributed by atoms with van der Waals surface area (Å²) in [6, 6.07) is 17.1. The highest BCUT2D eigenvalue weighted by atomic mass is 16.6. The molecule has 2 aromatic carbocycles. The Labute approximate surface area is 137 Å². The van der Waals surface area contributed by atoms with E-state index in [2.05, 4.69) is 72.7 Å². The molecule has 1 unspecified atom stereocenters. The van der Waals surface area contributed by atoms with E-state index in [0.717, 1.165) is 24.2 Å². The van der Waals surface area contributed by atoms with Crippen molar-refractivity contribution < 1.29 is 4.84 Å². The van der Waals surface area contributed by atoms with Crippen LogP contribution in [0, 0.1) is 0 Å². The maximum Gasteiger partial charge on any atom is 0.145 e. The van der Waals surface area contributed by atoms with Crippen LogP contribution in [0.2, 0.25) is 0 Å². The number of benzene rings is 2. The van der Waals surface area contributed by atoms with Crippen LogP contribution in [0.3, 0.4) is 0 Å². The van der Waals surface area contributed by atoms with Gasteiger partial charge in [0.2, 0.25) is 0 Å². The van der Waals surface area contributed by atoms with E-state index in [0.29, 0.717) is 6.54 Å². The van der Waals surface area contributed by atoms with Gasteiger partial charge in [-0.15, -0.1) is 0 Å². The minimum atomic E-state index is 0.0112. The Kier molecular flexibility index (Phi) is 4.74. The average Bonchev–Trinajstić information content (AvgIpc) is 3.04. The molecule has 0 bridgehead atoms. The minimum absolute atomic E-state index is 0.0112. The van der Waals surface area contributed by atoms with Crippen molar-refractivity contribution in [3.63, 3.8) is 0 Å². The van der Waals surface area contributed by atoms with Gasteiger partial charge >= 0.3 is 0 Å². The molecule has 0 saturated carbocycles. The topological polar surface area (TPSA) is 50.8 Å². The number of rotatable bonds is 5. The number of hydrogen-bond acceptors (Lipinski definition) is 4. The summed E-state index contributed by atoms with van der Waals surface area (Å²) in [5.74, 6) is 0. The summed E-state index contributed by atoms with van der Waals surface area (Å²) >= 11 is 0. The third kappa shape index (κ3) is 3.78. The van der Waals surface area contributed by atoms with Crippen LogP contribution in [0.1, 0.15) is 17.5 Å². The quantitative estimate of drug-likeness (QED) is 0.924. The van der Waals surface area contributed by atoms with Crippen molar-refractivity contribution in [2.24, 2.45) is 10.9 Å². The van der Waals surface area contributed by atoms with Crippen LogP contribution in [0.4, 0.5) is 0 Å². The van der Waals surface area contributed by atoms with Crippen LogP contribution in [0.5, 0.6) is 0 Å². The Morgan fingerprint density at radius 1 is 1.09 bits per heavy atom. The Balaban J connectivity index is 1.85. The lowest BCUT2D eigenvalue weighted by Gasteiger charge is -2.11. The SMILES string of the molecule is CN(C)Cc1cccc(-c2cccc(C3=NOC(CN)C3)c2)c1. The van der Waals surface area contributed by atoms with Crippen LogP contribution >= 0.6 is 0 Å². The molecule has 4 nitrogen and oxygen atoms in total. The molecule has 0 aliphatic carbocycles. The zero-order valence-corrected chi connectivity index (χ0v) is 13.7. The first-order valence-electron chi connectivity index (χ1n) is 7.93. The molecule has 0 amide bonds. The van der Waals surface area contributed by atoms with Gasteiger partial charge in [-0.05, 0) is 42.9 Å². The van der Waals surface area contributed by atoms with Gasteiger partial charge in [0, 0.05) is 25.1 Å². The second kappa shape index (κ2) is 6.94. The maximum absolute atomic E-state index is 5.65. The summed E-state index contributed by atoms with van der Waals surface area (Å²) in [5.41, 5.74) is 11.5. The molecule has 2 N–H and O–H groups in total. The first-order chi connectivity index (χ1) is 11.2. The van der Waals surface area contributed by atoms with Gasteiger partial charge in [0.1, 0.15) is 6.10 Å². The van der Waals surface area contributed by atoms with Crippen LogP contribution in [-0.4, -0.2) is 37.4 Å². The van der Waals surface area contributed by atoms with E-state index in [4.69, 9.17) is 10.6 Å². The molecule has 4 heteroatoms. The van der Waals surface area contributed by atoms with E-state index >= 15 is 0 Å². The summed E-state index contributed by atoms with van der Waals surface area (Å²) in [6.45, 7) is 1.44. The van der Waals surface area contributed by atoms with Crippen LogP contribution in [0.15, 0.2) is 53.7 Å². The maximum atomic E-state index is 5.65. The largest absolute Gasteiger partial charge is 0.390 e. The van der Waals surface area contributed by atoms with Gasteiger partial charge in [-0.3, -0.25) is 0 Å². The molecule has 23 heavy (non-hydrogen) atoms. The van der Waals surface area contributed by atoms with Crippen molar-refractivity contribution in [3.05, 3.63) is 59.7 Å². The molecule has 120 valence electrons. The lowest BCUT2D eigenvalue weighted by Crippen LogP contribution is -2.20.